The van der Waals surface area contributed by atoms with Crippen molar-refractivity contribution in [3.05, 3.63) is 23.7 Å². The van der Waals surface area contributed by atoms with Crippen LogP contribution in [0.5, 0.6) is 5.75 Å². The standard InChI is InChI=1S/C23H31N5O3.C5H11NO.C2H6/c1-16(2)21-25-22(31-26-21)28-11-7-23(8-12-28)6-3-18-13-20(24-14-19(18)30-23)27-9-4-17(15-29)5-10-27;1-6-3-2-5(7)4-6;1-2/h13-17H,3-12H2,1-2H3;5,7H,2-4H2,1H3;1-2H3. The minimum absolute atomic E-state index is 0.0509. The highest BCUT2D eigenvalue weighted by molar-refractivity contribution is 5.55. The molecular formula is C30H48N6O4. The lowest BCUT2D eigenvalue weighted by atomic mass is 9.83. The first-order chi connectivity index (χ1) is 19.3. The molecule has 0 aromatic carbocycles. The molecule has 6 rings (SSSR count). The lowest BCUT2D eigenvalue weighted by Crippen LogP contribution is -2.50. The molecule has 0 saturated carbocycles. The van der Waals surface area contributed by atoms with Gasteiger partial charge in [0.25, 0.3) is 0 Å². The highest BCUT2D eigenvalue weighted by Gasteiger charge is 2.41. The van der Waals surface area contributed by atoms with E-state index in [0.717, 1.165) is 108 Å². The van der Waals surface area contributed by atoms with Gasteiger partial charge < -0.3 is 33.9 Å². The number of hydrogen-bond donors (Lipinski definition) is 1. The third kappa shape index (κ3) is 7.32. The van der Waals surface area contributed by atoms with E-state index in [9.17, 15) is 4.79 Å². The minimum atomic E-state index is -0.129. The summed E-state index contributed by atoms with van der Waals surface area (Å²) in [6, 6.07) is 2.81. The van der Waals surface area contributed by atoms with Crippen molar-refractivity contribution in [2.75, 3.05) is 56.1 Å². The van der Waals surface area contributed by atoms with Crippen molar-refractivity contribution in [1.82, 2.24) is 20.0 Å². The molecular weight excluding hydrogens is 508 g/mol. The number of likely N-dealkylation sites (N-methyl/N-ethyl adjacent to an activating group) is 1. The summed E-state index contributed by atoms with van der Waals surface area (Å²) in [5, 5.41) is 12.9. The fourth-order valence-corrected chi connectivity index (χ4v) is 5.80. The number of anilines is 2. The third-order valence-corrected chi connectivity index (χ3v) is 8.43. The van der Waals surface area contributed by atoms with E-state index in [-0.39, 0.29) is 23.5 Å². The number of carbonyl (C=O) groups excluding carboxylic acids is 1. The molecule has 10 nitrogen and oxygen atoms in total. The number of aldehydes is 1. The second-order valence-corrected chi connectivity index (χ2v) is 11.7. The van der Waals surface area contributed by atoms with Crippen LogP contribution in [0.1, 0.15) is 83.5 Å². The van der Waals surface area contributed by atoms with Crippen LogP contribution in [0.3, 0.4) is 0 Å². The molecule has 4 aliphatic rings. The van der Waals surface area contributed by atoms with Crippen molar-refractivity contribution >= 4 is 18.1 Å². The van der Waals surface area contributed by atoms with E-state index in [1.165, 1.54) is 5.56 Å². The number of piperidine rings is 2. The monoisotopic (exact) mass is 556 g/mol. The highest BCUT2D eigenvalue weighted by atomic mass is 16.5. The van der Waals surface area contributed by atoms with Gasteiger partial charge in [-0.15, -0.1) is 0 Å². The number of hydrogen-bond acceptors (Lipinski definition) is 10. The fourth-order valence-electron chi connectivity index (χ4n) is 5.80. The Balaban J connectivity index is 0.000000355. The average Bonchev–Trinajstić information content (AvgIpc) is 3.63. The number of rotatable bonds is 4. The first-order valence-corrected chi connectivity index (χ1v) is 15.2. The third-order valence-electron chi connectivity index (χ3n) is 8.43. The van der Waals surface area contributed by atoms with Gasteiger partial charge in [-0.05, 0) is 50.8 Å². The maximum Gasteiger partial charge on any atom is 0.324 e. The molecule has 1 unspecified atom stereocenters. The first-order valence-electron chi connectivity index (χ1n) is 15.2. The van der Waals surface area contributed by atoms with Crippen LogP contribution in [0.2, 0.25) is 0 Å². The minimum Gasteiger partial charge on any atom is -0.485 e. The van der Waals surface area contributed by atoms with Gasteiger partial charge in [0, 0.05) is 63.9 Å². The summed E-state index contributed by atoms with van der Waals surface area (Å²) in [5.74, 6) is 3.16. The number of carbonyl (C=O) groups is 1. The van der Waals surface area contributed by atoms with Crippen LogP contribution in [-0.2, 0) is 11.2 Å². The Morgan fingerprint density at radius 2 is 1.77 bits per heavy atom. The Bertz CT molecular complexity index is 1070. The van der Waals surface area contributed by atoms with Crippen molar-refractivity contribution in [3.8, 4) is 5.75 Å². The molecule has 4 aliphatic heterocycles. The van der Waals surface area contributed by atoms with Crippen molar-refractivity contribution in [3.63, 3.8) is 0 Å². The normalized spacial score (nSPS) is 22.6. The van der Waals surface area contributed by atoms with Crippen LogP contribution in [0.25, 0.3) is 0 Å². The van der Waals surface area contributed by atoms with E-state index in [1.54, 1.807) is 0 Å². The molecule has 1 N–H and O–H groups in total. The molecule has 2 aromatic rings. The van der Waals surface area contributed by atoms with Crippen LogP contribution < -0.4 is 14.5 Å². The van der Waals surface area contributed by atoms with Gasteiger partial charge in [-0.2, -0.15) is 4.98 Å². The maximum atomic E-state index is 11.0. The predicted molar refractivity (Wildman–Crippen MR) is 156 cm³/mol. The topological polar surface area (TPSA) is 108 Å². The molecule has 222 valence electrons. The summed E-state index contributed by atoms with van der Waals surface area (Å²) in [4.78, 5) is 26.8. The summed E-state index contributed by atoms with van der Waals surface area (Å²) in [7, 11) is 2.02. The van der Waals surface area contributed by atoms with Crippen molar-refractivity contribution < 1.29 is 19.2 Å². The Hall–Kier alpha value is -2.72. The number of aromatic nitrogens is 3. The van der Waals surface area contributed by atoms with Gasteiger partial charge in [-0.25, -0.2) is 4.98 Å². The first kappa shape index (κ1) is 30.2. The number of pyridine rings is 1. The van der Waals surface area contributed by atoms with Crippen molar-refractivity contribution in [2.24, 2.45) is 5.92 Å². The summed E-state index contributed by atoms with van der Waals surface area (Å²) < 4.78 is 12.0. The summed E-state index contributed by atoms with van der Waals surface area (Å²) in [6.45, 7) is 13.5. The number of likely N-dealkylation sites (tertiary alicyclic amines) is 1. The highest BCUT2D eigenvalue weighted by Crippen LogP contribution is 2.40. The molecule has 0 amide bonds. The predicted octanol–water partition coefficient (Wildman–Crippen LogP) is 4.08. The van der Waals surface area contributed by atoms with Gasteiger partial charge >= 0.3 is 6.01 Å². The molecule has 1 atom stereocenters. The van der Waals surface area contributed by atoms with Gasteiger partial charge in [0.2, 0.25) is 0 Å². The lowest BCUT2D eigenvalue weighted by molar-refractivity contribution is -0.111. The molecule has 3 saturated heterocycles. The zero-order chi connectivity index (χ0) is 28.7. The number of β-amino-alcohol motifs (C(OH)–C–C–N with tert-alkyl or cyclic N) is 1. The zero-order valence-corrected chi connectivity index (χ0v) is 25.0. The van der Waals surface area contributed by atoms with Gasteiger partial charge in [0.05, 0.1) is 12.3 Å². The van der Waals surface area contributed by atoms with E-state index < -0.39 is 0 Å². The summed E-state index contributed by atoms with van der Waals surface area (Å²) in [6.07, 6.45) is 9.63. The summed E-state index contributed by atoms with van der Waals surface area (Å²) >= 11 is 0. The van der Waals surface area contributed by atoms with E-state index >= 15 is 0 Å². The van der Waals surface area contributed by atoms with Crippen LogP contribution >= 0.6 is 0 Å². The fraction of sp³-hybridized carbons (Fsp3) is 0.733. The van der Waals surface area contributed by atoms with E-state index in [2.05, 4.69) is 44.8 Å². The van der Waals surface area contributed by atoms with Crippen LogP contribution in [0.4, 0.5) is 11.8 Å². The van der Waals surface area contributed by atoms with Gasteiger partial charge in [0.15, 0.2) is 5.82 Å². The number of aliphatic hydroxyl groups is 1. The second-order valence-electron chi connectivity index (χ2n) is 11.7. The van der Waals surface area contributed by atoms with Crippen LogP contribution in [0.15, 0.2) is 16.8 Å². The number of aliphatic hydroxyl groups excluding tert-OH is 1. The van der Waals surface area contributed by atoms with Gasteiger partial charge in [0.1, 0.15) is 23.5 Å². The molecule has 1 spiro atoms. The largest absolute Gasteiger partial charge is 0.485 e. The average molecular weight is 557 g/mol. The van der Waals surface area contributed by atoms with E-state index in [1.807, 2.05) is 27.1 Å². The van der Waals surface area contributed by atoms with Gasteiger partial charge in [-0.1, -0.05) is 32.9 Å². The number of aryl methyl sites for hydroxylation is 1. The zero-order valence-electron chi connectivity index (χ0n) is 25.0. The Morgan fingerprint density at radius 3 is 2.33 bits per heavy atom. The molecule has 2 aromatic heterocycles. The SMILES string of the molecule is CC.CC(C)c1noc(N2CCC3(CCc4cc(N5CCC(C=O)CC5)ncc4O3)CC2)n1.CN1CCC(O)C1. The Kier molecular flexibility index (Phi) is 10.4. The smallest absolute Gasteiger partial charge is 0.324 e. The van der Waals surface area contributed by atoms with Crippen molar-refractivity contribution in [1.29, 1.82) is 0 Å². The van der Waals surface area contributed by atoms with Crippen LogP contribution in [-0.4, -0.2) is 89.4 Å². The van der Waals surface area contributed by atoms with Crippen LogP contribution in [0, 0.1) is 5.92 Å². The molecule has 6 heterocycles. The quantitative estimate of drug-likeness (QED) is 0.554. The summed E-state index contributed by atoms with van der Waals surface area (Å²) in [5.41, 5.74) is 1.12. The molecule has 3 fully saturated rings. The lowest BCUT2D eigenvalue weighted by Gasteiger charge is -2.44. The number of nitrogens with zero attached hydrogens (tertiary/aromatic N) is 6. The number of ether oxygens (including phenoxy) is 1. The Labute approximate surface area is 239 Å². The molecule has 0 radical (unpaired) electrons. The molecule has 0 bridgehead atoms. The van der Waals surface area contributed by atoms with E-state index in [4.69, 9.17) is 19.4 Å². The maximum absolute atomic E-state index is 11.0. The second kappa shape index (κ2) is 13.8. The number of fused-ring (bicyclic) bond motifs is 1. The van der Waals surface area contributed by atoms with Gasteiger partial charge in [-0.3, -0.25) is 0 Å². The molecule has 10 heteroatoms. The van der Waals surface area contributed by atoms with Crippen molar-refractivity contribution in [2.45, 2.75) is 90.3 Å². The molecule has 0 aliphatic carbocycles. The van der Waals surface area contributed by atoms with E-state index in [0.29, 0.717) is 6.01 Å². The Morgan fingerprint density at radius 1 is 1.05 bits per heavy atom. The molecule has 40 heavy (non-hydrogen) atoms.